The molecule has 0 radical (unpaired) electrons. The number of nitrogens with zero attached hydrogens (tertiary/aromatic N) is 1. The molecule has 0 spiro atoms. The first-order valence-electron chi connectivity index (χ1n) is 7.87. The van der Waals surface area contributed by atoms with Gasteiger partial charge in [0.1, 0.15) is 0 Å². The molecular weight excluding hydrogens is 278 g/mol. The Balaban J connectivity index is 2.40. The smallest absolute Gasteiger partial charge is 0.191 e. The van der Waals surface area contributed by atoms with Gasteiger partial charge < -0.3 is 20.1 Å². The lowest BCUT2D eigenvalue weighted by Crippen LogP contribution is -2.38. The summed E-state index contributed by atoms with van der Waals surface area (Å²) in [5, 5.41) is 6.52. The van der Waals surface area contributed by atoms with Crippen molar-refractivity contribution in [3.8, 4) is 0 Å². The maximum absolute atomic E-state index is 5.64. The van der Waals surface area contributed by atoms with Crippen LogP contribution in [0.1, 0.15) is 31.9 Å². The van der Waals surface area contributed by atoms with Crippen molar-refractivity contribution in [2.45, 2.75) is 40.0 Å². The maximum Gasteiger partial charge on any atom is 0.191 e. The summed E-state index contributed by atoms with van der Waals surface area (Å²) in [6, 6.07) is 8.39. The van der Waals surface area contributed by atoms with Crippen molar-refractivity contribution < 1.29 is 9.47 Å². The van der Waals surface area contributed by atoms with Gasteiger partial charge in [0.2, 0.25) is 0 Å². The van der Waals surface area contributed by atoms with E-state index in [0.29, 0.717) is 13.2 Å². The molecule has 0 fully saturated rings. The van der Waals surface area contributed by atoms with Crippen LogP contribution in [0.5, 0.6) is 0 Å². The minimum Gasteiger partial charge on any atom is -0.380 e. The fourth-order valence-corrected chi connectivity index (χ4v) is 1.88. The maximum atomic E-state index is 5.64. The van der Waals surface area contributed by atoms with Crippen molar-refractivity contribution in [3.63, 3.8) is 0 Å². The Morgan fingerprint density at radius 2 is 2.00 bits per heavy atom. The van der Waals surface area contributed by atoms with Gasteiger partial charge in [-0.15, -0.1) is 0 Å². The molecule has 124 valence electrons. The summed E-state index contributed by atoms with van der Waals surface area (Å²) in [7, 11) is 1.77. The lowest BCUT2D eigenvalue weighted by Gasteiger charge is -2.13. The molecule has 1 rings (SSSR count). The Hall–Kier alpha value is -1.59. The minimum absolute atomic E-state index is 0.246. The van der Waals surface area contributed by atoms with E-state index in [0.717, 1.165) is 25.7 Å². The summed E-state index contributed by atoms with van der Waals surface area (Å²) in [6.07, 6.45) is 0.246. The van der Waals surface area contributed by atoms with Gasteiger partial charge >= 0.3 is 0 Å². The number of nitrogens with one attached hydrogen (secondary N) is 2. The molecule has 0 heterocycles. The van der Waals surface area contributed by atoms with Crippen LogP contribution in [0.4, 0.5) is 0 Å². The number of aliphatic imine (C=N–C) groups is 1. The zero-order chi connectivity index (χ0) is 16.2. The third-order valence-electron chi connectivity index (χ3n) is 3.00. The molecule has 0 saturated carbocycles. The Bertz CT molecular complexity index is 447. The SMILES string of the molecule is CCOCCNC(=NC)NCc1cccc(COC(C)C)c1. The average Bonchev–Trinajstić information content (AvgIpc) is 2.52. The molecule has 0 aliphatic rings. The van der Waals surface area contributed by atoms with E-state index in [4.69, 9.17) is 9.47 Å². The van der Waals surface area contributed by atoms with Gasteiger partial charge in [0.25, 0.3) is 0 Å². The summed E-state index contributed by atoms with van der Waals surface area (Å²) in [4.78, 5) is 4.20. The fraction of sp³-hybridized carbons (Fsp3) is 0.588. The predicted octanol–water partition coefficient (Wildman–Crippen LogP) is 2.31. The predicted molar refractivity (Wildman–Crippen MR) is 91.1 cm³/mol. The van der Waals surface area contributed by atoms with Gasteiger partial charge in [0.05, 0.1) is 19.3 Å². The lowest BCUT2D eigenvalue weighted by atomic mass is 10.1. The van der Waals surface area contributed by atoms with Crippen LogP contribution < -0.4 is 10.6 Å². The lowest BCUT2D eigenvalue weighted by molar-refractivity contribution is 0.0657. The van der Waals surface area contributed by atoms with Crippen molar-refractivity contribution in [3.05, 3.63) is 35.4 Å². The second-order valence-corrected chi connectivity index (χ2v) is 5.23. The van der Waals surface area contributed by atoms with Crippen LogP contribution in [0.15, 0.2) is 29.3 Å². The Morgan fingerprint density at radius 3 is 2.68 bits per heavy atom. The monoisotopic (exact) mass is 307 g/mol. The van der Waals surface area contributed by atoms with Crippen LogP contribution in [-0.4, -0.2) is 38.9 Å². The second kappa shape index (κ2) is 11.0. The van der Waals surface area contributed by atoms with Crippen LogP contribution in [-0.2, 0) is 22.6 Å². The fourth-order valence-electron chi connectivity index (χ4n) is 1.88. The van der Waals surface area contributed by atoms with Crippen molar-refractivity contribution in [2.24, 2.45) is 4.99 Å². The highest BCUT2D eigenvalue weighted by molar-refractivity contribution is 5.79. The average molecular weight is 307 g/mol. The van der Waals surface area contributed by atoms with Crippen molar-refractivity contribution in [1.29, 1.82) is 0 Å². The highest BCUT2D eigenvalue weighted by Gasteiger charge is 2.01. The number of guanidine groups is 1. The molecular formula is C17H29N3O2. The van der Waals surface area contributed by atoms with Crippen LogP contribution in [0.3, 0.4) is 0 Å². The summed E-state index contributed by atoms with van der Waals surface area (Å²) in [5.74, 6) is 0.781. The first-order chi connectivity index (χ1) is 10.7. The van der Waals surface area contributed by atoms with Gasteiger partial charge in [-0.05, 0) is 31.9 Å². The zero-order valence-corrected chi connectivity index (χ0v) is 14.2. The van der Waals surface area contributed by atoms with Crippen LogP contribution in [0.25, 0.3) is 0 Å². The highest BCUT2D eigenvalue weighted by atomic mass is 16.5. The van der Waals surface area contributed by atoms with Gasteiger partial charge in [-0.1, -0.05) is 24.3 Å². The molecule has 0 aliphatic carbocycles. The Labute approximate surface area is 134 Å². The van der Waals surface area contributed by atoms with Gasteiger partial charge in [-0.25, -0.2) is 0 Å². The molecule has 0 atom stereocenters. The molecule has 0 bridgehead atoms. The molecule has 5 nitrogen and oxygen atoms in total. The molecule has 0 aromatic heterocycles. The quantitative estimate of drug-likeness (QED) is 0.418. The summed E-state index contributed by atoms with van der Waals surface area (Å²) in [6.45, 7) is 9.61. The number of rotatable bonds is 9. The van der Waals surface area contributed by atoms with E-state index in [2.05, 4.69) is 39.9 Å². The third kappa shape index (κ3) is 8.00. The Morgan fingerprint density at radius 1 is 1.23 bits per heavy atom. The van der Waals surface area contributed by atoms with E-state index < -0.39 is 0 Å². The molecule has 5 heteroatoms. The number of ether oxygens (including phenoxy) is 2. The summed E-state index contributed by atoms with van der Waals surface area (Å²) < 4.78 is 10.9. The topological polar surface area (TPSA) is 54.9 Å². The summed E-state index contributed by atoms with van der Waals surface area (Å²) in [5.41, 5.74) is 2.39. The van der Waals surface area contributed by atoms with E-state index in [-0.39, 0.29) is 6.10 Å². The number of hydrogen-bond acceptors (Lipinski definition) is 3. The molecule has 0 amide bonds. The van der Waals surface area contributed by atoms with E-state index >= 15 is 0 Å². The molecule has 0 saturated heterocycles. The van der Waals surface area contributed by atoms with Crippen LogP contribution in [0.2, 0.25) is 0 Å². The molecule has 0 unspecified atom stereocenters. The van der Waals surface area contributed by atoms with Gasteiger partial charge in [-0.3, -0.25) is 4.99 Å². The number of hydrogen-bond donors (Lipinski definition) is 2. The van der Waals surface area contributed by atoms with E-state index in [9.17, 15) is 0 Å². The van der Waals surface area contributed by atoms with Crippen LogP contribution in [0, 0.1) is 0 Å². The standard InChI is InChI=1S/C17H29N3O2/c1-5-21-10-9-19-17(18-4)20-12-15-7-6-8-16(11-15)13-22-14(2)3/h6-8,11,14H,5,9-10,12-13H2,1-4H3,(H2,18,19,20). The van der Waals surface area contributed by atoms with E-state index in [1.54, 1.807) is 7.05 Å². The molecule has 22 heavy (non-hydrogen) atoms. The van der Waals surface area contributed by atoms with Gasteiger partial charge in [0.15, 0.2) is 5.96 Å². The van der Waals surface area contributed by atoms with E-state index in [1.165, 1.54) is 11.1 Å². The summed E-state index contributed by atoms with van der Waals surface area (Å²) >= 11 is 0. The van der Waals surface area contributed by atoms with E-state index in [1.807, 2.05) is 20.8 Å². The first kappa shape index (κ1) is 18.5. The largest absolute Gasteiger partial charge is 0.380 e. The van der Waals surface area contributed by atoms with Crippen LogP contribution >= 0.6 is 0 Å². The molecule has 2 N–H and O–H groups in total. The van der Waals surface area contributed by atoms with Gasteiger partial charge in [0, 0.05) is 26.7 Å². The van der Waals surface area contributed by atoms with Crippen molar-refractivity contribution in [1.82, 2.24) is 10.6 Å². The molecule has 1 aromatic rings. The first-order valence-corrected chi connectivity index (χ1v) is 7.87. The van der Waals surface area contributed by atoms with Gasteiger partial charge in [-0.2, -0.15) is 0 Å². The number of benzene rings is 1. The normalized spacial score (nSPS) is 11.8. The second-order valence-electron chi connectivity index (χ2n) is 5.23. The Kier molecular flexibility index (Phi) is 9.26. The molecule has 0 aliphatic heterocycles. The highest BCUT2D eigenvalue weighted by Crippen LogP contribution is 2.07. The van der Waals surface area contributed by atoms with Crippen molar-refractivity contribution >= 4 is 5.96 Å². The van der Waals surface area contributed by atoms with Crippen molar-refractivity contribution in [2.75, 3.05) is 26.8 Å². The molecule has 1 aromatic carbocycles. The third-order valence-corrected chi connectivity index (χ3v) is 3.00. The minimum atomic E-state index is 0.246. The zero-order valence-electron chi connectivity index (χ0n) is 14.2.